The van der Waals surface area contributed by atoms with Gasteiger partial charge in [0.25, 0.3) is 0 Å². The minimum absolute atomic E-state index is 0.606. The molecule has 0 heterocycles. The molecule has 0 spiro atoms. The third-order valence-corrected chi connectivity index (χ3v) is 4.23. The van der Waals surface area contributed by atoms with Gasteiger partial charge in [0, 0.05) is 39.4 Å². The number of nitrogens with zero attached hydrogens (tertiary/aromatic N) is 1. The first-order valence-corrected chi connectivity index (χ1v) is 7.72. The van der Waals surface area contributed by atoms with Crippen LogP contribution in [0.3, 0.4) is 0 Å². The minimum atomic E-state index is 0.606. The van der Waals surface area contributed by atoms with E-state index in [1.165, 1.54) is 38.5 Å². The maximum absolute atomic E-state index is 5.27. The van der Waals surface area contributed by atoms with E-state index >= 15 is 0 Å². The summed E-state index contributed by atoms with van der Waals surface area (Å²) in [4.78, 5) is 2.56. The maximum atomic E-state index is 5.27. The van der Waals surface area contributed by atoms with E-state index < -0.39 is 0 Å². The Hall–Kier alpha value is -0.160. The highest BCUT2D eigenvalue weighted by atomic mass is 16.5. The number of nitrogens with one attached hydrogen (secondary N) is 1. The molecule has 4 heteroatoms. The van der Waals surface area contributed by atoms with Gasteiger partial charge in [0.2, 0.25) is 0 Å². The Morgan fingerprint density at radius 2 is 1.53 bits per heavy atom. The smallest absolute Gasteiger partial charge is 0.0589 e. The molecule has 0 aromatic heterocycles. The molecular weight excluding hydrogens is 240 g/mol. The zero-order chi connectivity index (χ0) is 13.9. The van der Waals surface area contributed by atoms with Crippen LogP contribution in [-0.4, -0.2) is 64.6 Å². The lowest BCUT2D eigenvalue weighted by atomic mass is 9.91. The van der Waals surface area contributed by atoms with Gasteiger partial charge in [-0.3, -0.25) is 4.90 Å². The normalized spacial score (nSPS) is 25.3. The van der Waals surface area contributed by atoms with Crippen LogP contribution in [-0.2, 0) is 9.47 Å². The number of ether oxygens (including phenoxy) is 2. The van der Waals surface area contributed by atoms with E-state index in [9.17, 15) is 0 Å². The molecule has 114 valence electrons. The highest BCUT2D eigenvalue weighted by Gasteiger charge is 2.26. The summed E-state index contributed by atoms with van der Waals surface area (Å²) in [6.45, 7) is 3.61. The second-order valence-corrected chi connectivity index (χ2v) is 5.48. The standard InChI is InChI=1S/C15H32N2O2/c1-16-14-8-6-4-5-7-9-15(14)17(10-12-18-2)11-13-19-3/h14-16H,4-13H2,1-3H3. The molecule has 1 N–H and O–H groups in total. The molecule has 1 rings (SSSR count). The van der Waals surface area contributed by atoms with Crippen molar-refractivity contribution in [3.8, 4) is 0 Å². The van der Waals surface area contributed by atoms with E-state index in [2.05, 4.69) is 17.3 Å². The van der Waals surface area contributed by atoms with Gasteiger partial charge in [-0.15, -0.1) is 0 Å². The molecule has 0 amide bonds. The van der Waals surface area contributed by atoms with Crippen LogP contribution in [0.1, 0.15) is 38.5 Å². The third kappa shape index (κ3) is 6.21. The van der Waals surface area contributed by atoms with E-state index in [4.69, 9.17) is 9.47 Å². The molecule has 0 aromatic rings. The van der Waals surface area contributed by atoms with Crippen LogP contribution in [0.5, 0.6) is 0 Å². The van der Waals surface area contributed by atoms with E-state index in [0.29, 0.717) is 12.1 Å². The highest BCUT2D eigenvalue weighted by Crippen LogP contribution is 2.21. The van der Waals surface area contributed by atoms with E-state index in [0.717, 1.165) is 26.3 Å². The molecule has 1 fully saturated rings. The Balaban J connectivity index is 2.62. The van der Waals surface area contributed by atoms with Crippen molar-refractivity contribution in [3.63, 3.8) is 0 Å². The number of rotatable bonds is 8. The summed E-state index contributed by atoms with van der Waals surface area (Å²) in [5, 5.41) is 3.53. The molecule has 2 atom stereocenters. The van der Waals surface area contributed by atoms with Crippen LogP contribution in [0, 0.1) is 0 Å². The molecule has 0 radical (unpaired) electrons. The molecule has 1 aliphatic rings. The van der Waals surface area contributed by atoms with Crippen molar-refractivity contribution < 1.29 is 9.47 Å². The Morgan fingerprint density at radius 1 is 0.947 bits per heavy atom. The van der Waals surface area contributed by atoms with E-state index in [1.54, 1.807) is 14.2 Å². The Morgan fingerprint density at radius 3 is 2.05 bits per heavy atom. The van der Waals surface area contributed by atoms with Crippen molar-refractivity contribution in [1.29, 1.82) is 0 Å². The van der Waals surface area contributed by atoms with Gasteiger partial charge in [-0.1, -0.05) is 25.7 Å². The molecule has 0 aliphatic heterocycles. The van der Waals surface area contributed by atoms with Crippen LogP contribution in [0.15, 0.2) is 0 Å². The van der Waals surface area contributed by atoms with Crippen LogP contribution < -0.4 is 5.32 Å². The topological polar surface area (TPSA) is 33.7 Å². The summed E-state index contributed by atoms with van der Waals surface area (Å²) in [5.74, 6) is 0. The van der Waals surface area contributed by atoms with Crippen molar-refractivity contribution in [1.82, 2.24) is 10.2 Å². The summed E-state index contributed by atoms with van der Waals surface area (Å²) < 4.78 is 10.5. The predicted octanol–water partition coefficient (Wildman–Crippen LogP) is 1.89. The lowest BCUT2D eigenvalue weighted by Gasteiger charge is -2.38. The second-order valence-electron chi connectivity index (χ2n) is 5.48. The monoisotopic (exact) mass is 272 g/mol. The Labute approximate surface area is 118 Å². The summed E-state index contributed by atoms with van der Waals surface area (Å²) >= 11 is 0. The summed E-state index contributed by atoms with van der Waals surface area (Å²) in [6.07, 6.45) is 8.05. The zero-order valence-corrected chi connectivity index (χ0v) is 13.0. The van der Waals surface area contributed by atoms with E-state index in [-0.39, 0.29) is 0 Å². The van der Waals surface area contributed by atoms with Crippen molar-refractivity contribution in [3.05, 3.63) is 0 Å². The quantitative estimate of drug-likeness (QED) is 0.731. The molecule has 2 unspecified atom stereocenters. The van der Waals surface area contributed by atoms with Crippen LogP contribution >= 0.6 is 0 Å². The highest BCUT2D eigenvalue weighted by molar-refractivity contribution is 4.85. The summed E-state index contributed by atoms with van der Waals surface area (Å²) in [5.41, 5.74) is 0. The fraction of sp³-hybridized carbons (Fsp3) is 1.00. The van der Waals surface area contributed by atoms with Crippen LogP contribution in [0.25, 0.3) is 0 Å². The minimum Gasteiger partial charge on any atom is -0.383 e. The number of methoxy groups -OCH3 is 2. The van der Waals surface area contributed by atoms with Gasteiger partial charge in [-0.05, 0) is 19.9 Å². The average Bonchev–Trinajstić information content (AvgIpc) is 2.40. The molecule has 1 aliphatic carbocycles. The van der Waals surface area contributed by atoms with Gasteiger partial charge < -0.3 is 14.8 Å². The fourth-order valence-electron chi connectivity index (χ4n) is 3.10. The Kier molecular flexibility index (Phi) is 9.43. The first-order valence-electron chi connectivity index (χ1n) is 7.72. The second kappa shape index (κ2) is 10.6. The van der Waals surface area contributed by atoms with Gasteiger partial charge in [-0.25, -0.2) is 0 Å². The van der Waals surface area contributed by atoms with Crippen molar-refractivity contribution >= 4 is 0 Å². The van der Waals surface area contributed by atoms with E-state index in [1.807, 2.05) is 0 Å². The van der Waals surface area contributed by atoms with Crippen molar-refractivity contribution in [2.75, 3.05) is 47.6 Å². The SMILES string of the molecule is CNC1CCCCCCC1N(CCOC)CCOC. The van der Waals surface area contributed by atoms with Gasteiger partial charge in [0.1, 0.15) is 0 Å². The van der Waals surface area contributed by atoms with Gasteiger partial charge in [0.15, 0.2) is 0 Å². The van der Waals surface area contributed by atoms with Crippen LogP contribution in [0.4, 0.5) is 0 Å². The lowest BCUT2D eigenvalue weighted by molar-refractivity contribution is 0.0660. The maximum Gasteiger partial charge on any atom is 0.0589 e. The number of hydrogen-bond acceptors (Lipinski definition) is 4. The average molecular weight is 272 g/mol. The predicted molar refractivity (Wildman–Crippen MR) is 79.7 cm³/mol. The summed E-state index contributed by atoms with van der Waals surface area (Å²) in [6, 6.07) is 1.23. The van der Waals surface area contributed by atoms with Crippen LogP contribution in [0.2, 0.25) is 0 Å². The third-order valence-electron chi connectivity index (χ3n) is 4.23. The van der Waals surface area contributed by atoms with Crippen molar-refractivity contribution in [2.24, 2.45) is 0 Å². The largest absolute Gasteiger partial charge is 0.383 e. The Bertz CT molecular complexity index is 206. The molecule has 0 aromatic carbocycles. The van der Waals surface area contributed by atoms with Gasteiger partial charge >= 0.3 is 0 Å². The van der Waals surface area contributed by atoms with Crippen molar-refractivity contribution in [2.45, 2.75) is 50.6 Å². The fourth-order valence-corrected chi connectivity index (χ4v) is 3.10. The van der Waals surface area contributed by atoms with Gasteiger partial charge in [0.05, 0.1) is 13.2 Å². The molecule has 0 saturated heterocycles. The zero-order valence-electron chi connectivity index (χ0n) is 13.0. The lowest BCUT2D eigenvalue weighted by Crippen LogP contribution is -2.51. The molecule has 4 nitrogen and oxygen atoms in total. The molecule has 0 bridgehead atoms. The first kappa shape index (κ1) is 16.9. The number of likely N-dealkylation sites (N-methyl/N-ethyl adjacent to an activating group) is 1. The molecular formula is C15H32N2O2. The molecule has 1 saturated carbocycles. The first-order chi connectivity index (χ1) is 9.33. The summed E-state index contributed by atoms with van der Waals surface area (Å²) in [7, 11) is 5.66. The number of hydrogen-bond donors (Lipinski definition) is 1. The molecule has 19 heavy (non-hydrogen) atoms. The van der Waals surface area contributed by atoms with Gasteiger partial charge in [-0.2, -0.15) is 0 Å².